The summed E-state index contributed by atoms with van der Waals surface area (Å²) >= 11 is 0. The number of ether oxygens (including phenoxy) is 1. The largest absolute Gasteiger partial charge is 0.492 e. The zero-order valence-electron chi connectivity index (χ0n) is 12.2. The molecule has 0 bridgehead atoms. The summed E-state index contributed by atoms with van der Waals surface area (Å²) in [5, 5.41) is 11.9. The van der Waals surface area contributed by atoms with Gasteiger partial charge in [-0.2, -0.15) is 0 Å². The lowest BCUT2D eigenvalue weighted by Crippen LogP contribution is -2.43. The number of aliphatic carboxylic acids is 1. The van der Waals surface area contributed by atoms with Crippen LogP contribution in [-0.4, -0.2) is 30.1 Å². The van der Waals surface area contributed by atoms with Gasteiger partial charge in [0.05, 0.1) is 12.0 Å². The predicted octanol–water partition coefficient (Wildman–Crippen LogP) is 2.14. The van der Waals surface area contributed by atoms with E-state index < -0.39 is 11.4 Å². The number of hydrogen-bond donors (Lipinski definition) is 2. The molecule has 114 valence electrons. The van der Waals surface area contributed by atoms with Gasteiger partial charge in [-0.05, 0) is 31.9 Å². The fraction of sp³-hybridized carbons (Fsp3) is 0.500. The maximum Gasteiger partial charge on any atom is 0.310 e. The molecule has 1 aliphatic carbocycles. The molecule has 0 atom stereocenters. The van der Waals surface area contributed by atoms with E-state index in [0.29, 0.717) is 26.0 Å². The molecule has 1 amide bonds. The molecule has 0 unspecified atom stereocenters. The first-order chi connectivity index (χ1) is 10.0. The van der Waals surface area contributed by atoms with E-state index in [9.17, 15) is 14.7 Å². The van der Waals surface area contributed by atoms with Gasteiger partial charge in [0.1, 0.15) is 12.4 Å². The van der Waals surface area contributed by atoms with E-state index in [2.05, 4.69) is 5.32 Å². The summed E-state index contributed by atoms with van der Waals surface area (Å²) in [5.41, 5.74) is 0.331. The van der Waals surface area contributed by atoms with Crippen LogP contribution in [0.15, 0.2) is 24.3 Å². The van der Waals surface area contributed by atoms with Crippen LogP contribution in [0.4, 0.5) is 0 Å². The first-order valence-electron chi connectivity index (χ1n) is 7.21. The topological polar surface area (TPSA) is 75.6 Å². The van der Waals surface area contributed by atoms with Crippen molar-refractivity contribution in [1.29, 1.82) is 0 Å². The van der Waals surface area contributed by atoms with E-state index in [4.69, 9.17) is 4.74 Å². The lowest BCUT2D eigenvalue weighted by Gasteiger charge is -2.36. The van der Waals surface area contributed by atoms with Crippen LogP contribution in [-0.2, 0) is 9.59 Å². The number of nitrogens with one attached hydrogen (secondary N) is 1. The maximum absolute atomic E-state index is 11.8. The SMILES string of the molecule is Cc1ccc(OCCNC(=O)CC2(C(=O)O)CCC2)cc1. The third-order valence-corrected chi connectivity index (χ3v) is 3.98. The average molecular weight is 291 g/mol. The third kappa shape index (κ3) is 3.97. The minimum Gasteiger partial charge on any atom is -0.492 e. The normalized spacial score (nSPS) is 15.9. The summed E-state index contributed by atoms with van der Waals surface area (Å²) in [6.45, 7) is 2.75. The Morgan fingerprint density at radius 1 is 1.29 bits per heavy atom. The van der Waals surface area contributed by atoms with Crippen molar-refractivity contribution >= 4 is 11.9 Å². The van der Waals surface area contributed by atoms with Crippen LogP contribution in [0, 0.1) is 12.3 Å². The van der Waals surface area contributed by atoms with Gasteiger partial charge in [-0.3, -0.25) is 9.59 Å². The van der Waals surface area contributed by atoms with E-state index in [1.54, 1.807) is 0 Å². The van der Waals surface area contributed by atoms with Gasteiger partial charge < -0.3 is 15.2 Å². The molecule has 21 heavy (non-hydrogen) atoms. The molecule has 1 fully saturated rings. The van der Waals surface area contributed by atoms with Crippen LogP contribution in [0.2, 0.25) is 0 Å². The molecule has 1 saturated carbocycles. The van der Waals surface area contributed by atoms with Crippen molar-refractivity contribution in [3.8, 4) is 5.75 Å². The van der Waals surface area contributed by atoms with Crippen LogP contribution < -0.4 is 10.1 Å². The van der Waals surface area contributed by atoms with Crippen molar-refractivity contribution in [3.05, 3.63) is 29.8 Å². The molecule has 0 radical (unpaired) electrons. The second-order valence-electron chi connectivity index (χ2n) is 5.63. The van der Waals surface area contributed by atoms with Crippen LogP contribution in [0.3, 0.4) is 0 Å². The van der Waals surface area contributed by atoms with E-state index in [0.717, 1.165) is 17.7 Å². The molecule has 0 aromatic heterocycles. The summed E-state index contributed by atoms with van der Waals surface area (Å²) in [6, 6.07) is 7.68. The first-order valence-corrected chi connectivity index (χ1v) is 7.21. The molecule has 0 spiro atoms. The van der Waals surface area contributed by atoms with Gasteiger partial charge in [0.25, 0.3) is 0 Å². The Morgan fingerprint density at radius 3 is 2.48 bits per heavy atom. The number of carboxylic acid groups (broad SMARTS) is 1. The standard InChI is InChI=1S/C16H21NO4/c1-12-3-5-13(6-4-12)21-10-9-17-14(18)11-16(15(19)20)7-2-8-16/h3-6H,2,7-11H2,1H3,(H,17,18)(H,19,20). The fourth-order valence-corrected chi connectivity index (χ4v) is 2.43. The van der Waals surface area contributed by atoms with Crippen molar-refractivity contribution < 1.29 is 19.4 Å². The Bertz CT molecular complexity index is 506. The van der Waals surface area contributed by atoms with Crippen LogP contribution >= 0.6 is 0 Å². The molecule has 2 rings (SSSR count). The Balaban J connectivity index is 1.67. The van der Waals surface area contributed by atoms with Crippen LogP contribution in [0.1, 0.15) is 31.2 Å². The minimum atomic E-state index is -0.861. The van der Waals surface area contributed by atoms with Crippen LogP contribution in [0.25, 0.3) is 0 Å². The lowest BCUT2D eigenvalue weighted by atomic mass is 9.66. The Labute approximate surface area is 124 Å². The number of benzene rings is 1. The zero-order chi connectivity index (χ0) is 15.3. The molecule has 5 heteroatoms. The first kappa shape index (κ1) is 15.4. The maximum atomic E-state index is 11.8. The molecule has 0 aliphatic heterocycles. The highest BCUT2D eigenvalue weighted by Crippen LogP contribution is 2.44. The van der Waals surface area contributed by atoms with Gasteiger partial charge in [0.15, 0.2) is 0 Å². The van der Waals surface area contributed by atoms with E-state index in [1.165, 1.54) is 0 Å². The molecule has 5 nitrogen and oxygen atoms in total. The van der Waals surface area contributed by atoms with Crippen molar-refractivity contribution in [2.24, 2.45) is 5.41 Å². The number of carbonyl (C=O) groups is 2. The van der Waals surface area contributed by atoms with Gasteiger partial charge in [-0.25, -0.2) is 0 Å². The summed E-state index contributed by atoms with van der Waals surface area (Å²) in [5.74, 6) is -0.319. The molecule has 0 saturated heterocycles. The number of hydrogen-bond acceptors (Lipinski definition) is 3. The minimum absolute atomic E-state index is 0.0624. The van der Waals surface area contributed by atoms with E-state index in [-0.39, 0.29) is 12.3 Å². The molecule has 0 heterocycles. The molecule has 1 aliphatic rings. The number of carbonyl (C=O) groups excluding carboxylic acids is 1. The van der Waals surface area contributed by atoms with E-state index >= 15 is 0 Å². The van der Waals surface area contributed by atoms with Gasteiger partial charge >= 0.3 is 5.97 Å². The number of carboxylic acids is 1. The Hall–Kier alpha value is -2.04. The van der Waals surface area contributed by atoms with Gasteiger partial charge in [0.2, 0.25) is 5.91 Å². The second kappa shape index (κ2) is 6.61. The van der Waals surface area contributed by atoms with Crippen molar-refractivity contribution in [2.45, 2.75) is 32.6 Å². The molecular formula is C16H21NO4. The van der Waals surface area contributed by atoms with Crippen molar-refractivity contribution in [2.75, 3.05) is 13.2 Å². The van der Waals surface area contributed by atoms with Crippen molar-refractivity contribution in [3.63, 3.8) is 0 Å². The number of amides is 1. The summed E-state index contributed by atoms with van der Waals surface area (Å²) in [7, 11) is 0. The van der Waals surface area contributed by atoms with Gasteiger partial charge in [-0.15, -0.1) is 0 Å². The summed E-state index contributed by atoms with van der Waals surface area (Å²) in [4.78, 5) is 23.0. The lowest BCUT2D eigenvalue weighted by molar-refractivity contribution is -0.157. The smallest absolute Gasteiger partial charge is 0.310 e. The summed E-state index contributed by atoms with van der Waals surface area (Å²) < 4.78 is 5.50. The highest BCUT2D eigenvalue weighted by Gasteiger charge is 2.45. The third-order valence-electron chi connectivity index (χ3n) is 3.98. The zero-order valence-corrected chi connectivity index (χ0v) is 12.2. The highest BCUT2D eigenvalue weighted by atomic mass is 16.5. The fourth-order valence-electron chi connectivity index (χ4n) is 2.43. The van der Waals surface area contributed by atoms with E-state index in [1.807, 2.05) is 31.2 Å². The molecule has 1 aromatic rings. The highest BCUT2D eigenvalue weighted by molar-refractivity contribution is 5.85. The number of rotatable bonds is 7. The predicted molar refractivity (Wildman–Crippen MR) is 78.2 cm³/mol. The quantitative estimate of drug-likeness (QED) is 0.755. The molecule has 2 N–H and O–H groups in total. The molecular weight excluding hydrogens is 270 g/mol. The Morgan fingerprint density at radius 2 is 1.95 bits per heavy atom. The Kier molecular flexibility index (Phi) is 4.83. The second-order valence-corrected chi connectivity index (χ2v) is 5.63. The van der Waals surface area contributed by atoms with Gasteiger partial charge in [-0.1, -0.05) is 24.1 Å². The van der Waals surface area contributed by atoms with Crippen LogP contribution in [0.5, 0.6) is 5.75 Å². The van der Waals surface area contributed by atoms with Gasteiger partial charge in [0, 0.05) is 6.42 Å². The monoisotopic (exact) mass is 291 g/mol. The summed E-state index contributed by atoms with van der Waals surface area (Å²) in [6.07, 6.45) is 2.13. The molecule has 1 aromatic carbocycles. The van der Waals surface area contributed by atoms with Crippen molar-refractivity contribution in [1.82, 2.24) is 5.32 Å². The number of aryl methyl sites for hydroxylation is 1. The average Bonchev–Trinajstić information content (AvgIpc) is 2.40.